The standard InChI is InChI=1S/C13H15N3O4S/c1-7(2)15(6-13(17)18)10-4-9-12(21-8(3)14-9)5-11(10)16(19)20/h4-5,7H,6H2,1-3H3,(H,17,18). The summed E-state index contributed by atoms with van der Waals surface area (Å²) < 4.78 is 0.724. The number of hydrogen-bond acceptors (Lipinski definition) is 6. The number of nitro groups is 1. The van der Waals surface area contributed by atoms with Crippen LogP contribution in [-0.2, 0) is 4.79 Å². The third kappa shape index (κ3) is 3.10. The molecule has 0 amide bonds. The number of aryl methyl sites for hydroxylation is 1. The number of carboxylic acid groups (broad SMARTS) is 1. The number of carbonyl (C=O) groups is 1. The predicted octanol–water partition coefficient (Wildman–Crippen LogP) is 2.81. The highest BCUT2D eigenvalue weighted by Crippen LogP contribution is 2.36. The minimum absolute atomic E-state index is 0.0962. The van der Waals surface area contributed by atoms with Crippen LogP contribution < -0.4 is 4.90 Å². The van der Waals surface area contributed by atoms with Gasteiger partial charge in [0.1, 0.15) is 12.2 Å². The summed E-state index contributed by atoms with van der Waals surface area (Å²) in [6, 6.07) is 2.88. The number of hydrogen-bond donors (Lipinski definition) is 1. The van der Waals surface area contributed by atoms with Gasteiger partial charge in [-0.3, -0.25) is 14.9 Å². The molecule has 0 aliphatic carbocycles. The number of fused-ring (bicyclic) bond motifs is 1. The zero-order chi connectivity index (χ0) is 15.7. The summed E-state index contributed by atoms with van der Waals surface area (Å²) in [6.07, 6.45) is 0. The van der Waals surface area contributed by atoms with Crippen molar-refractivity contribution in [2.45, 2.75) is 26.8 Å². The molecule has 2 aromatic rings. The molecule has 0 aliphatic heterocycles. The van der Waals surface area contributed by atoms with Crippen LogP contribution in [-0.4, -0.2) is 33.6 Å². The molecule has 1 aromatic carbocycles. The Hall–Kier alpha value is -2.22. The maximum absolute atomic E-state index is 11.3. The molecule has 1 aromatic heterocycles. The number of anilines is 1. The molecule has 0 saturated carbocycles. The number of benzene rings is 1. The molecule has 21 heavy (non-hydrogen) atoms. The minimum atomic E-state index is -1.03. The van der Waals surface area contributed by atoms with Gasteiger partial charge in [0.05, 0.1) is 20.1 Å². The van der Waals surface area contributed by atoms with Crippen molar-refractivity contribution < 1.29 is 14.8 Å². The van der Waals surface area contributed by atoms with E-state index in [1.807, 2.05) is 6.92 Å². The van der Waals surface area contributed by atoms with E-state index in [0.717, 1.165) is 9.71 Å². The van der Waals surface area contributed by atoms with Crippen LogP contribution in [0.15, 0.2) is 12.1 Å². The van der Waals surface area contributed by atoms with Crippen LogP contribution in [0.4, 0.5) is 11.4 Å². The number of aliphatic carboxylic acids is 1. The molecule has 0 radical (unpaired) electrons. The van der Waals surface area contributed by atoms with Crippen LogP contribution in [0, 0.1) is 17.0 Å². The van der Waals surface area contributed by atoms with Gasteiger partial charge in [-0.25, -0.2) is 4.98 Å². The summed E-state index contributed by atoms with van der Waals surface area (Å²) in [7, 11) is 0. The molecule has 0 bridgehead atoms. The lowest BCUT2D eigenvalue weighted by Gasteiger charge is -2.26. The monoisotopic (exact) mass is 309 g/mol. The minimum Gasteiger partial charge on any atom is -0.480 e. The first kappa shape index (κ1) is 15.2. The summed E-state index contributed by atoms with van der Waals surface area (Å²) in [5.41, 5.74) is 0.838. The van der Waals surface area contributed by atoms with Crippen molar-refractivity contribution in [3.05, 3.63) is 27.3 Å². The molecule has 7 nitrogen and oxygen atoms in total. The van der Waals surface area contributed by atoms with E-state index < -0.39 is 10.9 Å². The average Bonchev–Trinajstić information content (AvgIpc) is 2.72. The summed E-state index contributed by atoms with van der Waals surface area (Å²) >= 11 is 1.38. The van der Waals surface area contributed by atoms with Crippen molar-refractivity contribution in [1.29, 1.82) is 0 Å². The van der Waals surface area contributed by atoms with Gasteiger partial charge < -0.3 is 10.0 Å². The quantitative estimate of drug-likeness (QED) is 0.674. The van der Waals surface area contributed by atoms with E-state index in [0.29, 0.717) is 5.52 Å². The summed E-state index contributed by atoms with van der Waals surface area (Å²) in [4.78, 5) is 27.6. The van der Waals surface area contributed by atoms with Crippen molar-refractivity contribution in [3.63, 3.8) is 0 Å². The Balaban J connectivity index is 2.65. The van der Waals surface area contributed by atoms with Crippen LogP contribution in [0.1, 0.15) is 18.9 Å². The molecular weight excluding hydrogens is 294 g/mol. The van der Waals surface area contributed by atoms with Crippen LogP contribution in [0.5, 0.6) is 0 Å². The molecule has 0 atom stereocenters. The van der Waals surface area contributed by atoms with Gasteiger partial charge >= 0.3 is 5.97 Å². The smallest absolute Gasteiger partial charge is 0.323 e. The third-order valence-electron chi connectivity index (χ3n) is 3.03. The Bertz CT molecular complexity index is 711. The number of nitrogens with zero attached hydrogens (tertiary/aromatic N) is 3. The molecule has 0 spiro atoms. The Morgan fingerprint density at radius 1 is 1.52 bits per heavy atom. The number of rotatable bonds is 5. The van der Waals surface area contributed by atoms with Gasteiger partial charge in [0, 0.05) is 12.1 Å². The maximum Gasteiger partial charge on any atom is 0.323 e. The Morgan fingerprint density at radius 2 is 2.19 bits per heavy atom. The Kier molecular flexibility index (Phi) is 4.08. The molecule has 2 rings (SSSR count). The fourth-order valence-corrected chi connectivity index (χ4v) is 2.98. The normalized spacial score (nSPS) is 11.0. The lowest BCUT2D eigenvalue weighted by Crippen LogP contribution is -2.36. The first-order valence-electron chi connectivity index (χ1n) is 6.33. The average molecular weight is 309 g/mol. The molecule has 0 unspecified atom stereocenters. The van der Waals surface area contributed by atoms with Crippen LogP contribution in [0.3, 0.4) is 0 Å². The van der Waals surface area contributed by atoms with Crippen molar-refractivity contribution in [1.82, 2.24) is 4.98 Å². The van der Waals surface area contributed by atoms with Gasteiger partial charge in [-0.15, -0.1) is 11.3 Å². The summed E-state index contributed by atoms with van der Waals surface area (Å²) in [5, 5.41) is 21.1. The van der Waals surface area contributed by atoms with Crippen LogP contribution in [0.2, 0.25) is 0 Å². The largest absolute Gasteiger partial charge is 0.480 e. The molecule has 1 heterocycles. The van der Waals surface area contributed by atoms with Crippen LogP contribution >= 0.6 is 11.3 Å². The van der Waals surface area contributed by atoms with E-state index in [-0.39, 0.29) is 24.0 Å². The Morgan fingerprint density at radius 3 is 2.71 bits per heavy atom. The third-order valence-corrected chi connectivity index (χ3v) is 3.96. The fourth-order valence-electron chi connectivity index (χ4n) is 2.14. The zero-order valence-corrected chi connectivity index (χ0v) is 12.7. The van der Waals surface area contributed by atoms with Gasteiger partial charge in [-0.2, -0.15) is 0 Å². The second kappa shape index (κ2) is 5.65. The number of carboxylic acids is 1. The van der Waals surface area contributed by atoms with Crippen molar-refractivity contribution in [2.24, 2.45) is 0 Å². The van der Waals surface area contributed by atoms with E-state index in [9.17, 15) is 14.9 Å². The van der Waals surface area contributed by atoms with E-state index >= 15 is 0 Å². The highest BCUT2D eigenvalue weighted by molar-refractivity contribution is 7.18. The lowest BCUT2D eigenvalue weighted by molar-refractivity contribution is -0.384. The van der Waals surface area contributed by atoms with Gasteiger partial charge in [-0.05, 0) is 26.8 Å². The van der Waals surface area contributed by atoms with E-state index in [2.05, 4.69) is 4.98 Å². The maximum atomic E-state index is 11.3. The number of nitro benzene ring substituents is 1. The first-order chi connectivity index (χ1) is 9.79. The molecule has 0 saturated heterocycles. The number of thiazole rings is 1. The van der Waals surface area contributed by atoms with Crippen molar-refractivity contribution in [2.75, 3.05) is 11.4 Å². The number of aromatic nitrogens is 1. The second-order valence-corrected chi connectivity index (χ2v) is 6.15. The molecule has 0 fully saturated rings. The second-order valence-electron chi connectivity index (χ2n) is 4.91. The molecule has 8 heteroatoms. The van der Waals surface area contributed by atoms with Crippen molar-refractivity contribution in [3.8, 4) is 0 Å². The van der Waals surface area contributed by atoms with E-state index in [1.165, 1.54) is 22.3 Å². The van der Waals surface area contributed by atoms with Gasteiger partial charge in [0.2, 0.25) is 0 Å². The predicted molar refractivity (Wildman–Crippen MR) is 81.1 cm³/mol. The SMILES string of the molecule is Cc1nc2cc(N(CC(=O)O)C(C)C)c([N+](=O)[O-])cc2s1. The molecule has 1 N–H and O–H groups in total. The first-order valence-corrected chi connectivity index (χ1v) is 7.15. The van der Waals surface area contributed by atoms with Crippen LogP contribution in [0.25, 0.3) is 10.2 Å². The Labute approximate surface area is 125 Å². The molecule has 112 valence electrons. The van der Waals surface area contributed by atoms with Gasteiger partial charge in [0.25, 0.3) is 5.69 Å². The van der Waals surface area contributed by atoms with Crippen molar-refractivity contribution >= 4 is 38.9 Å². The molecular formula is C13H15N3O4S. The highest BCUT2D eigenvalue weighted by Gasteiger charge is 2.25. The fraction of sp³-hybridized carbons (Fsp3) is 0.385. The van der Waals surface area contributed by atoms with Gasteiger partial charge in [0.15, 0.2) is 0 Å². The van der Waals surface area contributed by atoms with E-state index in [4.69, 9.17) is 5.11 Å². The lowest BCUT2D eigenvalue weighted by atomic mass is 10.2. The van der Waals surface area contributed by atoms with E-state index in [1.54, 1.807) is 19.9 Å². The zero-order valence-electron chi connectivity index (χ0n) is 11.9. The highest BCUT2D eigenvalue weighted by atomic mass is 32.1. The molecule has 0 aliphatic rings. The topological polar surface area (TPSA) is 96.6 Å². The van der Waals surface area contributed by atoms with Gasteiger partial charge in [-0.1, -0.05) is 0 Å². The summed E-state index contributed by atoms with van der Waals surface area (Å²) in [6.45, 7) is 5.12. The summed E-state index contributed by atoms with van der Waals surface area (Å²) in [5.74, 6) is -1.03.